The molecular formula is C23H28N3O3+. The summed E-state index contributed by atoms with van der Waals surface area (Å²) in [6.07, 6.45) is 0.281. The van der Waals surface area contributed by atoms with Gasteiger partial charge in [0, 0.05) is 5.69 Å². The van der Waals surface area contributed by atoms with Crippen LogP contribution in [-0.4, -0.2) is 51.1 Å². The van der Waals surface area contributed by atoms with Crippen LogP contribution in [0.1, 0.15) is 17.5 Å². The van der Waals surface area contributed by atoms with Crippen LogP contribution in [-0.2, 0) is 9.59 Å². The van der Waals surface area contributed by atoms with Crippen molar-refractivity contribution >= 4 is 23.2 Å². The number of nitrogens with one attached hydrogen (secondary N) is 1. The van der Waals surface area contributed by atoms with Crippen molar-refractivity contribution in [3.05, 3.63) is 53.6 Å². The Morgan fingerprint density at radius 3 is 2.34 bits per heavy atom. The summed E-state index contributed by atoms with van der Waals surface area (Å²) in [4.78, 5) is 30.6. The summed E-state index contributed by atoms with van der Waals surface area (Å²) in [5, 5.41) is 0. The van der Waals surface area contributed by atoms with Crippen LogP contribution in [0.5, 0.6) is 5.75 Å². The summed E-state index contributed by atoms with van der Waals surface area (Å²) in [7, 11) is 1.60. The molecule has 6 nitrogen and oxygen atoms in total. The molecule has 0 saturated carbocycles. The summed E-state index contributed by atoms with van der Waals surface area (Å²) in [5.74, 6) is 0.502. The molecule has 6 heteroatoms. The maximum Gasteiger partial charge on any atom is 0.292 e. The first kappa shape index (κ1) is 19.5. The zero-order valence-electron chi connectivity index (χ0n) is 17.3. The third-order valence-corrected chi connectivity index (χ3v) is 6.08. The minimum atomic E-state index is -0.287. The molecule has 2 amide bonds. The third-order valence-electron chi connectivity index (χ3n) is 6.08. The number of hydrogen-bond acceptors (Lipinski definition) is 4. The molecule has 0 unspecified atom stereocenters. The zero-order valence-corrected chi connectivity index (χ0v) is 17.3. The highest BCUT2D eigenvalue weighted by Gasteiger charge is 2.46. The van der Waals surface area contributed by atoms with Crippen molar-refractivity contribution in [1.82, 2.24) is 0 Å². The number of amides is 2. The van der Waals surface area contributed by atoms with Gasteiger partial charge in [-0.1, -0.05) is 12.1 Å². The number of carbonyl (C=O) groups excluding carboxylic acids is 2. The zero-order chi connectivity index (χ0) is 20.5. The van der Waals surface area contributed by atoms with Crippen molar-refractivity contribution < 1.29 is 19.2 Å². The molecule has 0 spiro atoms. The van der Waals surface area contributed by atoms with Gasteiger partial charge >= 0.3 is 0 Å². The molecule has 152 valence electrons. The highest BCUT2D eigenvalue weighted by Crippen LogP contribution is 2.25. The molecule has 0 aromatic heterocycles. The van der Waals surface area contributed by atoms with Crippen molar-refractivity contribution in [3.8, 4) is 5.75 Å². The molecule has 2 aromatic rings. The Kier molecular flexibility index (Phi) is 5.28. The number of hydrogen-bond donors (Lipinski definition) is 1. The minimum absolute atomic E-state index is 0.0876. The van der Waals surface area contributed by atoms with E-state index in [-0.39, 0.29) is 24.3 Å². The number of benzene rings is 2. The molecule has 1 atom stereocenters. The van der Waals surface area contributed by atoms with Crippen LogP contribution in [0.3, 0.4) is 0 Å². The molecule has 0 aliphatic carbocycles. The minimum Gasteiger partial charge on any atom is -0.497 e. The smallest absolute Gasteiger partial charge is 0.292 e. The molecule has 1 N–H and O–H groups in total. The lowest BCUT2D eigenvalue weighted by molar-refractivity contribution is -0.915. The molecule has 0 radical (unpaired) electrons. The molecule has 2 aliphatic rings. The predicted octanol–water partition coefficient (Wildman–Crippen LogP) is 1.35. The Hall–Kier alpha value is -2.86. The van der Waals surface area contributed by atoms with Crippen LogP contribution in [0.25, 0.3) is 0 Å². The number of carbonyl (C=O) groups is 2. The van der Waals surface area contributed by atoms with E-state index in [9.17, 15) is 9.59 Å². The highest BCUT2D eigenvalue weighted by atomic mass is 16.5. The average molecular weight is 394 g/mol. The standard InChI is InChI=1S/C23H27N3O3/c1-16-4-5-17(2)20(14-16)24-10-12-25(13-11-24)21-15-22(27)26(23(21)28)18-6-8-19(29-3)9-7-18/h4-9,14,21H,10-13,15H2,1-3H3/p+1/t21-/m0/s1. The topological polar surface area (TPSA) is 54.3 Å². The van der Waals surface area contributed by atoms with Gasteiger partial charge in [-0.3, -0.25) is 9.59 Å². The van der Waals surface area contributed by atoms with Gasteiger partial charge in [0.25, 0.3) is 5.91 Å². The SMILES string of the molecule is COc1ccc(N2C(=O)C[C@H]([NH+]3CCN(c4cc(C)ccc4C)CC3)C2=O)cc1. The number of piperazine rings is 1. The van der Waals surface area contributed by atoms with E-state index in [0.29, 0.717) is 11.4 Å². The van der Waals surface area contributed by atoms with Crippen LogP contribution in [0.4, 0.5) is 11.4 Å². The number of imide groups is 1. The highest BCUT2D eigenvalue weighted by molar-refractivity contribution is 6.21. The van der Waals surface area contributed by atoms with E-state index in [0.717, 1.165) is 26.2 Å². The molecule has 0 bridgehead atoms. The summed E-state index contributed by atoms with van der Waals surface area (Å²) < 4.78 is 5.17. The van der Waals surface area contributed by atoms with Gasteiger partial charge in [0.1, 0.15) is 5.75 Å². The summed E-state index contributed by atoms with van der Waals surface area (Å²) in [6, 6.07) is 13.3. The Labute approximate surface area is 171 Å². The molecule has 29 heavy (non-hydrogen) atoms. The van der Waals surface area contributed by atoms with Crippen LogP contribution in [0.15, 0.2) is 42.5 Å². The van der Waals surface area contributed by atoms with Gasteiger partial charge in [-0.25, -0.2) is 4.90 Å². The van der Waals surface area contributed by atoms with Crippen molar-refractivity contribution in [3.63, 3.8) is 0 Å². The fourth-order valence-electron chi connectivity index (χ4n) is 4.40. The van der Waals surface area contributed by atoms with Crippen molar-refractivity contribution in [2.24, 2.45) is 0 Å². The van der Waals surface area contributed by atoms with E-state index < -0.39 is 0 Å². The van der Waals surface area contributed by atoms with Gasteiger partial charge in [0.05, 0.1) is 45.4 Å². The first-order chi connectivity index (χ1) is 14.0. The normalized spacial score (nSPS) is 20.4. The molecule has 2 aromatic carbocycles. The van der Waals surface area contributed by atoms with Crippen LogP contribution in [0, 0.1) is 13.8 Å². The van der Waals surface area contributed by atoms with E-state index >= 15 is 0 Å². The van der Waals surface area contributed by atoms with Gasteiger partial charge < -0.3 is 14.5 Å². The fourth-order valence-corrected chi connectivity index (χ4v) is 4.40. The number of quaternary nitrogens is 1. The Morgan fingerprint density at radius 2 is 1.69 bits per heavy atom. The van der Waals surface area contributed by atoms with E-state index in [1.807, 2.05) is 0 Å². The third kappa shape index (κ3) is 3.72. The summed E-state index contributed by atoms with van der Waals surface area (Å²) >= 11 is 0. The maximum atomic E-state index is 13.1. The Bertz CT molecular complexity index is 917. The molecule has 2 aliphatic heterocycles. The van der Waals surface area contributed by atoms with Gasteiger partial charge in [-0.15, -0.1) is 0 Å². The average Bonchev–Trinajstić information content (AvgIpc) is 3.04. The monoisotopic (exact) mass is 394 g/mol. The number of aryl methyl sites for hydroxylation is 2. The molecule has 4 rings (SSSR count). The lowest BCUT2D eigenvalue weighted by Gasteiger charge is -2.36. The van der Waals surface area contributed by atoms with Crippen LogP contribution >= 0.6 is 0 Å². The second-order valence-electron chi connectivity index (χ2n) is 7.96. The van der Waals surface area contributed by atoms with Gasteiger partial charge in [-0.05, 0) is 55.3 Å². The van der Waals surface area contributed by atoms with Gasteiger partial charge in [0.15, 0.2) is 6.04 Å². The summed E-state index contributed by atoms with van der Waals surface area (Å²) in [6.45, 7) is 7.74. The maximum absolute atomic E-state index is 13.1. The first-order valence-electron chi connectivity index (χ1n) is 10.2. The van der Waals surface area contributed by atoms with Gasteiger partial charge in [-0.2, -0.15) is 0 Å². The van der Waals surface area contributed by atoms with Gasteiger partial charge in [0.2, 0.25) is 5.91 Å². The van der Waals surface area contributed by atoms with Crippen LogP contribution in [0.2, 0.25) is 0 Å². The fraction of sp³-hybridized carbons (Fsp3) is 0.391. The Balaban J connectivity index is 1.44. The molecule has 2 fully saturated rings. The van der Waals surface area contributed by atoms with Crippen molar-refractivity contribution in [2.75, 3.05) is 43.1 Å². The molecule has 2 saturated heterocycles. The second-order valence-corrected chi connectivity index (χ2v) is 7.96. The lowest BCUT2D eigenvalue weighted by Crippen LogP contribution is -3.19. The quantitative estimate of drug-likeness (QED) is 0.796. The van der Waals surface area contributed by atoms with Crippen LogP contribution < -0.4 is 19.4 Å². The summed E-state index contributed by atoms with van der Waals surface area (Å²) in [5.41, 5.74) is 4.43. The molecule has 2 heterocycles. The molecular weight excluding hydrogens is 366 g/mol. The van der Waals surface area contributed by atoms with Crippen molar-refractivity contribution in [1.29, 1.82) is 0 Å². The Morgan fingerprint density at radius 1 is 1.00 bits per heavy atom. The largest absolute Gasteiger partial charge is 0.497 e. The van der Waals surface area contributed by atoms with E-state index in [1.165, 1.54) is 26.6 Å². The predicted molar refractivity (Wildman–Crippen MR) is 113 cm³/mol. The van der Waals surface area contributed by atoms with E-state index in [2.05, 4.69) is 36.9 Å². The van der Waals surface area contributed by atoms with Crippen molar-refractivity contribution in [2.45, 2.75) is 26.3 Å². The first-order valence-corrected chi connectivity index (χ1v) is 10.2. The number of anilines is 2. The second kappa shape index (κ2) is 7.87. The number of rotatable bonds is 4. The number of ether oxygens (including phenoxy) is 1. The van der Waals surface area contributed by atoms with E-state index in [4.69, 9.17) is 4.74 Å². The number of nitrogens with zero attached hydrogens (tertiary/aromatic N) is 2. The lowest BCUT2D eigenvalue weighted by atomic mass is 10.1. The van der Waals surface area contributed by atoms with E-state index in [1.54, 1.807) is 31.4 Å². The number of methoxy groups -OCH3 is 1.